The van der Waals surface area contributed by atoms with E-state index in [1.807, 2.05) is 29.7 Å². The highest BCUT2D eigenvalue weighted by Crippen LogP contribution is 2.32. The van der Waals surface area contributed by atoms with Crippen LogP contribution in [0.4, 0.5) is 0 Å². The number of quaternary nitrogens is 1. The molecule has 3 heterocycles. The van der Waals surface area contributed by atoms with Gasteiger partial charge in [-0.05, 0) is 32.0 Å². The number of ether oxygens (including phenoxy) is 2. The van der Waals surface area contributed by atoms with E-state index in [0.29, 0.717) is 19.8 Å². The summed E-state index contributed by atoms with van der Waals surface area (Å²) >= 11 is 0. The lowest BCUT2D eigenvalue weighted by Gasteiger charge is -2.33. The van der Waals surface area contributed by atoms with Crippen molar-refractivity contribution >= 4 is 11.8 Å². The van der Waals surface area contributed by atoms with E-state index in [0.717, 1.165) is 44.2 Å². The summed E-state index contributed by atoms with van der Waals surface area (Å²) < 4.78 is 10.8. The van der Waals surface area contributed by atoms with Gasteiger partial charge < -0.3 is 24.2 Å². The normalized spacial score (nSPS) is 22.8. The van der Waals surface area contributed by atoms with E-state index in [1.54, 1.807) is 0 Å². The zero-order valence-electron chi connectivity index (χ0n) is 16.1. The van der Waals surface area contributed by atoms with Crippen molar-refractivity contribution < 1.29 is 24.0 Å². The number of likely N-dealkylation sites (tertiary alicyclic amines) is 1. The van der Waals surface area contributed by atoms with E-state index >= 15 is 0 Å². The number of benzene rings is 1. The molecule has 146 valence electrons. The summed E-state index contributed by atoms with van der Waals surface area (Å²) in [6.45, 7) is 9.15. The zero-order chi connectivity index (χ0) is 19.0. The lowest BCUT2D eigenvalue weighted by molar-refractivity contribution is -0.917. The molecule has 1 N–H and O–H groups in total. The van der Waals surface area contributed by atoms with Gasteiger partial charge in [-0.2, -0.15) is 0 Å². The maximum atomic E-state index is 12.8. The fraction of sp³-hybridized carbons (Fsp3) is 0.600. The van der Waals surface area contributed by atoms with Crippen molar-refractivity contribution in [2.45, 2.75) is 32.9 Å². The molecule has 1 aromatic rings. The summed E-state index contributed by atoms with van der Waals surface area (Å²) in [5, 5.41) is 0. The number of carbonyl (C=O) groups excluding carboxylic acids is 2. The first kappa shape index (κ1) is 18.1. The predicted octanol–water partition coefficient (Wildman–Crippen LogP) is -0.101. The van der Waals surface area contributed by atoms with E-state index in [1.165, 1.54) is 10.5 Å². The molecular weight excluding hydrogens is 346 g/mol. The molecule has 0 aliphatic carbocycles. The molecule has 0 saturated carbocycles. The second-order valence-electron chi connectivity index (χ2n) is 7.98. The Morgan fingerprint density at radius 3 is 2.67 bits per heavy atom. The molecule has 1 atom stereocenters. The molecule has 2 amide bonds. The predicted molar refractivity (Wildman–Crippen MR) is 98.5 cm³/mol. The van der Waals surface area contributed by atoms with Crippen LogP contribution in [0.3, 0.4) is 0 Å². The van der Waals surface area contributed by atoms with Crippen LogP contribution >= 0.6 is 0 Å². The average molecular weight is 374 g/mol. The molecule has 0 unspecified atom stereocenters. The Morgan fingerprint density at radius 1 is 1.22 bits per heavy atom. The zero-order valence-corrected chi connectivity index (χ0v) is 16.1. The smallest absolute Gasteiger partial charge is 0.231 e. The van der Waals surface area contributed by atoms with E-state index in [-0.39, 0.29) is 23.8 Å². The summed E-state index contributed by atoms with van der Waals surface area (Å²) in [6, 6.07) is 6.27. The van der Waals surface area contributed by atoms with Gasteiger partial charge in [0.2, 0.25) is 18.6 Å². The summed E-state index contributed by atoms with van der Waals surface area (Å²) in [7, 11) is 0. The highest BCUT2D eigenvalue weighted by atomic mass is 16.7. The van der Waals surface area contributed by atoms with Gasteiger partial charge in [0.1, 0.15) is 6.54 Å². The first-order valence-electron chi connectivity index (χ1n) is 9.81. The topological polar surface area (TPSA) is 63.5 Å². The van der Waals surface area contributed by atoms with Crippen LogP contribution in [0.2, 0.25) is 0 Å². The molecule has 0 bridgehead atoms. The maximum absolute atomic E-state index is 12.8. The fourth-order valence-corrected chi connectivity index (χ4v) is 4.21. The van der Waals surface area contributed by atoms with Gasteiger partial charge in [-0.3, -0.25) is 9.59 Å². The number of carbonyl (C=O) groups is 2. The van der Waals surface area contributed by atoms with E-state index in [2.05, 4.69) is 12.1 Å². The minimum atomic E-state index is -0.171. The number of fused-ring (bicyclic) bond motifs is 1. The van der Waals surface area contributed by atoms with Crippen LogP contribution in [-0.2, 0) is 16.1 Å². The Kier molecular flexibility index (Phi) is 4.95. The van der Waals surface area contributed by atoms with Crippen molar-refractivity contribution in [3.05, 3.63) is 23.8 Å². The van der Waals surface area contributed by atoms with Crippen LogP contribution in [0.1, 0.15) is 25.8 Å². The second kappa shape index (κ2) is 7.38. The van der Waals surface area contributed by atoms with Crippen LogP contribution in [0.5, 0.6) is 11.5 Å². The number of hydrogen-bond donors (Lipinski definition) is 1. The van der Waals surface area contributed by atoms with Gasteiger partial charge in [0.05, 0.1) is 32.1 Å². The number of nitrogens with one attached hydrogen (secondary N) is 1. The van der Waals surface area contributed by atoms with Gasteiger partial charge in [-0.15, -0.1) is 0 Å². The van der Waals surface area contributed by atoms with Crippen LogP contribution in [0.15, 0.2) is 18.2 Å². The van der Waals surface area contributed by atoms with Crippen molar-refractivity contribution in [3.8, 4) is 11.5 Å². The molecule has 3 aliphatic rings. The fourth-order valence-electron chi connectivity index (χ4n) is 4.21. The van der Waals surface area contributed by atoms with Crippen molar-refractivity contribution in [2.24, 2.45) is 5.92 Å². The molecule has 27 heavy (non-hydrogen) atoms. The Morgan fingerprint density at radius 2 is 1.96 bits per heavy atom. The van der Waals surface area contributed by atoms with Crippen molar-refractivity contribution in [2.75, 3.05) is 39.5 Å². The summed E-state index contributed by atoms with van der Waals surface area (Å²) in [5.74, 6) is 1.71. The highest BCUT2D eigenvalue weighted by molar-refractivity contribution is 5.89. The number of amides is 2. The molecular formula is C20H28N3O4+. The minimum absolute atomic E-state index is 0.107. The van der Waals surface area contributed by atoms with E-state index in [4.69, 9.17) is 9.47 Å². The van der Waals surface area contributed by atoms with Gasteiger partial charge in [-0.25, -0.2) is 0 Å². The standard InChI is InChI=1S/C20H27N3O4/c1-14(2)23-12-16(10-19(23)24)20(25)22-7-5-21(6-8-22)11-15-3-4-17-18(9-15)27-13-26-17/h3-4,9,14,16H,5-8,10-13H2,1-2H3/p+1/t16-/m1/s1. The van der Waals surface area contributed by atoms with Gasteiger partial charge in [0.15, 0.2) is 11.5 Å². The summed E-state index contributed by atoms with van der Waals surface area (Å²) in [5.41, 5.74) is 1.22. The summed E-state index contributed by atoms with van der Waals surface area (Å²) in [4.78, 5) is 30.1. The van der Waals surface area contributed by atoms with Crippen LogP contribution in [0, 0.1) is 5.92 Å². The van der Waals surface area contributed by atoms with Crippen LogP contribution < -0.4 is 14.4 Å². The molecule has 0 spiro atoms. The van der Waals surface area contributed by atoms with Crippen molar-refractivity contribution in [1.29, 1.82) is 0 Å². The number of piperazine rings is 1. The van der Waals surface area contributed by atoms with Gasteiger partial charge >= 0.3 is 0 Å². The number of nitrogens with zero attached hydrogens (tertiary/aromatic N) is 2. The van der Waals surface area contributed by atoms with Crippen molar-refractivity contribution in [1.82, 2.24) is 9.80 Å². The monoisotopic (exact) mass is 374 g/mol. The van der Waals surface area contributed by atoms with Gasteiger partial charge in [0, 0.05) is 24.6 Å². The Labute approximate surface area is 159 Å². The first-order chi connectivity index (χ1) is 13.0. The average Bonchev–Trinajstić information content (AvgIpc) is 3.27. The first-order valence-corrected chi connectivity index (χ1v) is 9.81. The van der Waals surface area contributed by atoms with Gasteiger partial charge in [0.25, 0.3) is 0 Å². The van der Waals surface area contributed by atoms with E-state index in [9.17, 15) is 9.59 Å². The number of rotatable bonds is 4. The van der Waals surface area contributed by atoms with Crippen LogP contribution in [0.25, 0.3) is 0 Å². The second-order valence-corrected chi connectivity index (χ2v) is 7.98. The Balaban J connectivity index is 1.29. The summed E-state index contributed by atoms with van der Waals surface area (Å²) in [6.07, 6.45) is 0.362. The highest BCUT2D eigenvalue weighted by Gasteiger charge is 2.38. The number of hydrogen-bond acceptors (Lipinski definition) is 4. The third-order valence-corrected chi connectivity index (χ3v) is 5.80. The quantitative estimate of drug-likeness (QED) is 0.800. The molecule has 4 rings (SSSR count). The molecule has 3 aliphatic heterocycles. The molecule has 2 fully saturated rings. The molecule has 1 aromatic carbocycles. The van der Waals surface area contributed by atoms with Gasteiger partial charge in [-0.1, -0.05) is 0 Å². The SMILES string of the molecule is CC(C)N1C[C@H](C(=O)N2CC[NH+](Cc3ccc4c(c3)OCO4)CC2)CC1=O. The third-order valence-electron chi connectivity index (χ3n) is 5.80. The minimum Gasteiger partial charge on any atom is -0.454 e. The maximum Gasteiger partial charge on any atom is 0.231 e. The Bertz CT molecular complexity index is 728. The molecule has 2 saturated heterocycles. The third kappa shape index (κ3) is 3.74. The van der Waals surface area contributed by atoms with Crippen LogP contribution in [-0.4, -0.2) is 67.2 Å². The molecule has 7 nitrogen and oxygen atoms in total. The van der Waals surface area contributed by atoms with Crippen molar-refractivity contribution in [3.63, 3.8) is 0 Å². The molecule has 0 aromatic heterocycles. The largest absolute Gasteiger partial charge is 0.454 e. The lowest BCUT2D eigenvalue weighted by atomic mass is 10.1. The lowest BCUT2D eigenvalue weighted by Crippen LogP contribution is -3.13. The Hall–Kier alpha value is -2.28. The molecule has 7 heteroatoms. The molecule has 0 radical (unpaired) electrons. The van der Waals surface area contributed by atoms with E-state index < -0.39 is 0 Å².